The van der Waals surface area contributed by atoms with Crippen LogP contribution in [-0.2, 0) is 4.79 Å². The number of amides is 2. The summed E-state index contributed by atoms with van der Waals surface area (Å²) in [6.45, 7) is 2.04. The summed E-state index contributed by atoms with van der Waals surface area (Å²) in [7, 11) is 3.21. The zero-order valence-corrected chi connectivity index (χ0v) is 11.7. The van der Waals surface area contributed by atoms with Crippen LogP contribution in [0.25, 0.3) is 0 Å². The highest BCUT2D eigenvalue weighted by molar-refractivity contribution is 7.11. The second kappa shape index (κ2) is 6.28. The minimum absolute atomic E-state index is 0.0513. The van der Waals surface area contributed by atoms with Gasteiger partial charge in [-0.25, -0.2) is 9.78 Å². The number of rotatable bonds is 5. The van der Waals surface area contributed by atoms with E-state index in [0.717, 1.165) is 11.3 Å². The first-order valence-electron chi connectivity index (χ1n) is 5.55. The van der Waals surface area contributed by atoms with E-state index in [4.69, 9.17) is 5.11 Å². The number of nitrogens with zero attached hydrogens (tertiary/aromatic N) is 3. The summed E-state index contributed by atoms with van der Waals surface area (Å²) in [5.41, 5.74) is -0.164. The van der Waals surface area contributed by atoms with Gasteiger partial charge in [0, 0.05) is 26.0 Å². The summed E-state index contributed by atoms with van der Waals surface area (Å²) >= 11 is 0.957. The lowest BCUT2D eigenvalue weighted by Gasteiger charge is -2.21. The molecule has 0 bridgehead atoms. The number of hydrogen-bond donors (Lipinski definition) is 1. The summed E-state index contributed by atoms with van der Waals surface area (Å²) in [6.07, 6.45) is 0. The fourth-order valence-electron chi connectivity index (χ4n) is 1.24. The molecule has 1 N–H and O–H groups in total. The van der Waals surface area contributed by atoms with Gasteiger partial charge in [0.15, 0.2) is 10.7 Å². The summed E-state index contributed by atoms with van der Waals surface area (Å²) in [6, 6.07) is 0. The Morgan fingerprint density at radius 2 is 2.00 bits per heavy atom. The van der Waals surface area contributed by atoms with Crippen LogP contribution in [0, 0.1) is 0 Å². The smallest absolute Gasteiger partial charge is 0.355 e. The van der Waals surface area contributed by atoms with Crippen LogP contribution in [0.3, 0.4) is 0 Å². The van der Waals surface area contributed by atoms with Crippen molar-refractivity contribution >= 4 is 29.1 Å². The first-order chi connectivity index (χ1) is 8.86. The van der Waals surface area contributed by atoms with E-state index >= 15 is 0 Å². The van der Waals surface area contributed by atoms with Crippen LogP contribution in [0.4, 0.5) is 0 Å². The van der Waals surface area contributed by atoms with Crippen molar-refractivity contribution in [3.63, 3.8) is 0 Å². The lowest BCUT2D eigenvalue weighted by Crippen LogP contribution is -2.40. The average molecular weight is 285 g/mol. The third kappa shape index (κ3) is 3.75. The van der Waals surface area contributed by atoms with Crippen molar-refractivity contribution in [3.8, 4) is 0 Å². The quantitative estimate of drug-likeness (QED) is 0.845. The fourth-order valence-corrected chi connectivity index (χ4v) is 2.00. The third-order valence-electron chi connectivity index (χ3n) is 2.40. The number of carbonyl (C=O) groups excluding carboxylic acids is 2. The van der Waals surface area contributed by atoms with Crippen LogP contribution in [0.1, 0.15) is 27.2 Å². The van der Waals surface area contributed by atoms with Crippen molar-refractivity contribution in [2.24, 2.45) is 0 Å². The molecule has 0 aliphatic rings. The van der Waals surface area contributed by atoms with Gasteiger partial charge in [0.05, 0.1) is 0 Å². The van der Waals surface area contributed by atoms with Crippen molar-refractivity contribution in [3.05, 3.63) is 16.1 Å². The van der Waals surface area contributed by atoms with Crippen LogP contribution in [-0.4, -0.2) is 64.9 Å². The van der Waals surface area contributed by atoms with Crippen LogP contribution in [0.2, 0.25) is 0 Å². The number of hydrogen-bond acceptors (Lipinski definition) is 5. The standard InChI is InChI=1S/C11H15N3O4S/c1-4-14(5-8(15)13(2)3)10(16)9-12-7(6-19-9)11(17)18/h6H,4-5H2,1-3H3,(H,17,18). The predicted molar refractivity (Wildman–Crippen MR) is 69.3 cm³/mol. The Kier molecular flexibility index (Phi) is 4.99. The van der Waals surface area contributed by atoms with Gasteiger partial charge in [-0.2, -0.15) is 0 Å². The molecule has 1 aromatic rings. The van der Waals surface area contributed by atoms with Crippen LogP contribution in [0.15, 0.2) is 5.38 Å². The molecule has 8 heteroatoms. The van der Waals surface area contributed by atoms with E-state index < -0.39 is 11.9 Å². The maximum absolute atomic E-state index is 12.1. The number of likely N-dealkylation sites (N-methyl/N-ethyl adjacent to an activating group) is 2. The van der Waals surface area contributed by atoms with E-state index in [0.29, 0.717) is 6.54 Å². The molecule has 0 aliphatic heterocycles. The summed E-state index contributed by atoms with van der Waals surface area (Å²) in [5.74, 6) is -1.82. The molecule has 1 aromatic heterocycles. The molecule has 0 unspecified atom stereocenters. The first kappa shape index (κ1) is 15.1. The Morgan fingerprint density at radius 3 is 2.42 bits per heavy atom. The lowest BCUT2D eigenvalue weighted by atomic mass is 10.4. The molecular weight excluding hydrogens is 270 g/mol. The Labute approximate surface area is 114 Å². The van der Waals surface area contributed by atoms with Crippen molar-refractivity contribution in [2.75, 3.05) is 27.2 Å². The van der Waals surface area contributed by atoms with Gasteiger partial charge >= 0.3 is 5.97 Å². The monoisotopic (exact) mass is 285 g/mol. The molecular formula is C11H15N3O4S. The van der Waals surface area contributed by atoms with Gasteiger partial charge < -0.3 is 14.9 Å². The van der Waals surface area contributed by atoms with Gasteiger partial charge in [0.25, 0.3) is 5.91 Å². The van der Waals surface area contributed by atoms with E-state index in [1.54, 1.807) is 21.0 Å². The SMILES string of the molecule is CCN(CC(=O)N(C)C)C(=O)c1nc(C(=O)O)cs1. The molecule has 0 saturated heterocycles. The summed E-state index contributed by atoms with van der Waals surface area (Å²) < 4.78 is 0. The molecule has 104 valence electrons. The van der Waals surface area contributed by atoms with Gasteiger partial charge in [0.1, 0.15) is 6.54 Å². The highest BCUT2D eigenvalue weighted by atomic mass is 32.1. The predicted octanol–water partition coefficient (Wildman–Crippen LogP) is 0.392. The summed E-state index contributed by atoms with van der Waals surface area (Å²) in [5, 5.41) is 10.1. The van der Waals surface area contributed by atoms with E-state index in [-0.39, 0.29) is 23.2 Å². The molecule has 1 rings (SSSR count). The molecule has 0 aliphatic carbocycles. The number of thiazole rings is 1. The number of aromatic nitrogens is 1. The van der Waals surface area contributed by atoms with E-state index in [1.165, 1.54) is 15.2 Å². The molecule has 0 radical (unpaired) electrons. The molecule has 0 aromatic carbocycles. The zero-order valence-electron chi connectivity index (χ0n) is 10.9. The number of carboxylic acid groups (broad SMARTS) is 1. The number of carbonyl (C=O) groups is 3. The molecule has 19 heavy (non-hydrogen) atoms. The average Bonchev–Trinajstić information content (AvgIpc) is 2.84. The normalized spacial score (nSPS) is 10.1. The van der Waals surface area contributed by atoms with Crippen LogP contribution in [0.5, 0.6) is 0 Å². The lowest BCUT2D eigenvalue weighted by molar-refractivity contribution is -0.129. The zero-order chi connectivity index (χ0) is 14.6. The molecule has 0 fully saturated rings. The Hall–Kier alpha value is -1.96. The first-order valence-corrected chi connectivity index (χ1v) is 6.43. The van der Waals surface area contributed by atoms with Gasteiger partial charge in [-0.3, -0.25) is 9.59 Å². The van der Waals surface area contributed by atoms with Gasteiger partial charge in [-0.05, 0) is 6.92 Å². The van der Waals surface area contributed by atoms with Gasteiger partial charge in [-0.1, -0.05) is 0 Å². The molecule has 0 atom stereocenters. The topological polar surface area (TPSA) is 90.8 Å². The molecule has 7 nitrogen and oxygen atoms in total. The maximum atomic E-state index is 12.1. The minimum atomic E-state index is -1.18. The summed E-state index contributed by atoms with van der Waals surface area (Å²) in [4.78, 5) is 40.8. The highest BCUT2D eigenvalue weighted by Gasteiger charge is 2.22. The number of carboxylic acids is 1. The fraction of sp³-hybridized carbons (Fsp3) is 0.455. The second-order valence-corrected chi connectivity index (χ2v) is 4.81. The highest BCUT2D eigenvalue weighted by Crippen LogP contribution is 2.12. The Balaban J connectivity index is 2.83. The van der Waals surface area contributed by atoms with Crippen molar-refractivity contribution in [1.82, 2.24) is 14.8 Å². The molecule has 0 spiro atoms. The van der Waals surface area contributed by atoms with Crippen LogP contribution < -0.4 is 0 Å². The third-order valence-corrected chi connectivity index (χ3v) is 3.23. The largest absolute Gasteiger partial charge is 0.476 e. The minimum Gasteiger partial charge on any atom is -0.476 e. The van der Waals surface area contributed by atoms with Crippen molar-refractivity contribution in [1.29, 1.82) is 0 Å². The Bertz CT molecular complexity index is 498. The maximum Gasteiger partial charge on any atom is 0.355 e. The van der Waals surface area contributed by atoms with E-state index in [2.05, 4.69) is 4.98 Å². The van der Waals surface area contributed by atoms with Crippen molar-refractivity contribution in [2.45, 2.75) is 6.92 Å². The molecule has 0 saturated carbocycles. The van der Waals surface area contributed by atoms with E-state index in [9.17, 15) is 14.4 Å². The van der Waals surface area contributed by atoms with Crippen LogP contribution >= 0.6 is 11.3 Å². The number of aromatic carboxylic acids is 1. The van der Waals surface area contributed by atoms with Crippen molar-refractivity contribution < 1.29 is 19.5 Å². The van der Waals surface area contributed by atoms with Gasteiger partial charge in [-0.15, -0.1) is 11.3 Å². The van der Waals surface area contributed by atoms with Gasteiger partial charge in [0.2, 0.25) is 5.91 Å². The molecule has 2 amide bonds. The van der Waals surface area contributed by atoms with E-state index in [1.807, 2.05) is 0 Å². The molecule has 1 heterocycles. The second-order valence-electron chi connectivity index (χ2n) is 3.95. The Morgan fingerprint density at radius 1 is 1.37 bits per heavy atom.